The van der Waals surface area contributed by atoms with Crippen molar-refractivity contribution in [3.8, 4) is 11.5 Å². The van der Waals surface area contributed by atoms with E-state index in [1.165, 1.54) is 25.5 Å². The normalized spacial score (nSPS) is 10.8. The molecule has 2 aromatic carbocycles. The number of aromatic hydroxyl groups is 1. The van der Waals surface area contributed by atoms with Crippen LogP contribution in [0, 0.1) is 6.92 Å². The SMILES string of the molecule is COc1cccc(/C=N/c2cc(C(=O)O)ccc2C)c1O. The first kappa shape index (κ1) is 14.6. The number of rotatable bonds is 4. The topological polar surface area (TPSA) is 79.1 Å². The molecule has 0 aliphatic heterocycles. The van der Waals surface area contributed by atoms with Crippen LogP contribution in [0.2, 0.25) is 0 Å². The number of carboxylic acid groups (broad SMARTS) is 1. The summed E-state index contributed by atoms with van der Waals surface area (Å²) in [4.78, 5) is 15.2. The first-order valence-electron chi connectivity index (χ1n) is 6.27. The van der Waals surface area contributed by atoms with Gasteiger partial charge in [-0.25, -0.2) is 4.79 Å². The highest BCUT2D eigenvalue weighted by Gasteiger charge is 2.07. The Morgan fingerprint density at radius 2 is 2.05 bits per heavy atom. The van der Waals surface area contributed by atoms with Crippen molar-refractivity contribution in [1.82, 2.24) is 0 Å². The van der Waals surface area contributed by atoms with E-state index in [1.54, 1.807) is 24.3 Å². The number of ether oxygens (including phenoxy) is 1. The van der Waals surface area contributed by atoms with Crippen LogP contribution in [0.1, 0.15) is 21.5 Å². The highest BCUT2D eigenvalue weighted by Crippen LogP contribution is 2.29. The maximum Gasteiger partial charge on any atom is 0.335 e. The molecule has 0 aliphatic carbocycles. The van der Waals surface area contributed by atoms with Gasteiger partial charge in [-0.1, -0.05) is 12.1 Å². The van der Waals surface area contributed by atoms with Crippen LogP contribution in [0.15, 0.2) is 41.4 Å². The van der Waals surface area contributed by atoms with Crippen molar-refractivity contribution in [2.45, 2.75) is 6.92 Å². The summed E-state index contributed by atoms with van der Waals surface area (Å²) in [5, 5.41) is 19.0. The average molecular weight is 285 g/mol. The van der Waals surface area contributed by atoms with Crippen LogP contribution in [-0.2, 0) is 0 Å². The van der Waals surface area contributed by atoms with Crippen LogP contribution in [0.5, 0.6) is 11.5 Å². The summed E-state index contributed by atoms with van der Waals surface area (Å²) in [6, 6.07) is 9.79. The molecule has 0 saturated heterocycles. The molecular formula is C16H15NO4. The van der Waals surface area contributed by atoms with Gasteiger partial charge in [0.05, 0.1) is 18.4 Å². The maximum atomic E-state index is 11.0. The summed E-state index contributed by atoms with van der Waals surface area (Å²) < 4.78 is 5.02. The molecule has 2 N–H and O–H groups in total. The van der Waals surface area contributed by atoms with Crippen molar-refractivity contribution in [2.75, 3.05) is 7.11 Å². The standard InChI is InChI=1S/C16H15NO4/c1-10-6-7-11(16(19)20)8-13(10)17-9-12-4-3-5-14(21-2)15(12)18/h3-9,18H,1-2H3,(H,19,20)/b17-9+. The van der Waals surface area contributed by atoms with Gasteiger partial charge in [-0.05, 0) is 36.8 Å². The molecule has 2 aromatic rings. The van der Waals surface area contributed by atoms with E-state index in [9.17, 15) is 9.90 Å². The number of carboxylic acids is 1. The molecule has 0 fully saturated rings. The predicted molar refractivity (Wildman–Crippen MR) is 80.1 cm³/mol. The minimum atomic E-state index is -1.00. The van der Waals surface area contributed by atoms with Gasteiger partial charge in [-0.2, -0.15) is 0 Å². The summed E-state index contributed by atoms with van der Waals surface area (Å²) >= 11 is 0. The lowest BCUT2D eigenvalue weighted by atomic mass is 10.1. The molecule has 0 saturated carbocycles. The van der Waals surface area contributed by atoms with E-state index in [0.717, 1.165) is 5.56 Å². The molecular weight excluding hydrogens is 270 g/mol. The van der Waals surface area contributed by atoms with E-state index in [-0.39, 0.29) is 11.3 Å². The van der Waals surface area contributed by atoms with E-state index in [1.807, 2.05) is 6.92 Å². The molecule has 0 bridgehead atoms. The molecule has 0 radical (unpaired) electrons. The van der Waals surface area contributed by atoms with Crippen LogP contribution in [-0.4, -0.2) is 29.5 Å². The summed E-state index contributed by atoms with van der Waals surface area (Å²) in [6.45, 7) is 1.84. The largest absolute Gasteiger partial charge is 0.504 e. The van der Waals surface area contributed by atoms with Crippen LogP contribution in [0.3, 0.4) is 0 Å². The molecule has 0 amide bonds. The molecule has 0 unspecified atom stereocenters. The van der Waals surface area contributed by atoms with Gasteiger partial charge in [0.1, 0.15) is 0 Å². The second-order valence-corrected chi connectivity index (χ2v) is 4.46. The molecule has 108 valence electrons. The zero-order valence-corrected chi connectivity index (χ0v) is 11.7. The molecule has 0 aliphatic rings. The molecule has 0 heterocycles. The highest BCUT2D eigenvalue weighted by atomic mass is 16.5. The molecule has 5 heteroatoms. The predicted octanol–water partition coefficient (Wildman–Crippen LogP) is 3.16. The number of hydrogen-bond donors (Lipinski definition) is 2. The Morgan fingerprint density at radius 1 is 1.29 bits per heavy atom. The van der Waals surface area contributed by atoms with Crippen LogP contribution in [0.4, 0.5) is 5.69 Å². The van der Waals surface area contributed by atoms with Crippen molar-refractivity contribution in [3.63, 3.8) is 0 Å². The fraction of sp³-hybridized carbons (Fsp3) is 0.125. The van der Waals surface area contributed by atoms with Gasteiger partial charge in [0, 0.05) is 11.8 Å². The number of carbonyl (C=O) groups is 1. The number of para-hydroxylation sites is 1. The number of aliphatic imine (C=N–C) groups is 1. The van der Waals surface area contributed by atoms with Gasteiger partial charge in [-0.3, -0.25) is 4.99 Å². The third-order valence-electron chi connectivity index (χ3n) is 3.05. The van der Waals surface area contributed by atoms with Gasteiger partial charge < -0.3 is 14.9 Å². The molecule has 5 nitrogen and oxygen atoms in total. The Morgan fingerprint density at radius 3 is 2.71 bits per heavy atom. The number of benzene rings is 2. The molecule has 0 spiro atoms. The van der Waals surface area contributed by atoms with Crippen molar-refractivity contribution >= 4 is 17.9 Å². The average Bonchev–Trinajstić information content (AvgIpc) is 2.47. The molecule has 21 heavy (non-hydrogen) atoms. The van der Waals surface area contributed by atoms with Gasteiger partial charge in [-0.15, -0.1) is 0 Å². The van der Waals surface area contributed by atoms with E-state index in [0.29, 0.717) is 17.0 Å². The minimum absolute atomic E-state index is 0.00390. The number of methoxy groups -OCH3 is 1. The lowest BCUT2D eigenvalue weighted by Crippen LogP contribution is -1.95. The summed E-state index contributed by atoms with van der Waals surface area (Å²) in [5.74, 6) is -0.651. The first-order valence-corrected chi connectivity index (χ1v) is 6.27. The van der Waals surface area contributed by atoms with Crippen LogP contribution >= 0.6 is 0 Å². The van der Waals surface area contributed by atoms with Crippen molar-refractivity contribution in [2.24, 2.45) is 4.99 Å². The second-order valence-electron chi connectivity index (χ2n) is 4.46. The quantitative estimate of drug-likeness (QED) is 0.846. The smallest absolute Gasteiger partial charge is 0.335 e. The summed E-state index contributed by atoms with van der Waals surface area (Å²) in [7, 11) is 1.47. The number of aromatic carboxylic acids is 1. The fourth-order valence-corrected chi connectivity index (χ4v) is 1.83. The Balaban J connectivity index is 2.38. The molecule has 0 aromatic heterocycles. The summed E-state index contributed by atoms with van der Waals surface area (Å²) in [6.07, 6.45) is 1.48. The van der Waals surface area contributed by atoms with Crippen LogP contribution < -0.4 is 4.74 Å². The van der Waals surface area contributed by atoms with E-state index >= 15 is 0 Å². The van der Waals surface area contributed by atoms with Gasteiger partial charge >= 0.3 is 5.97 Å². The first-order chi connectivity index (χ1) is 10.0. The van der Waals surface area contributed by atoms with Gasteiger partial charge in [0.15, 0.2) is 11.5 Å². The van der Waals surface area contributed by atoms with Crippen molar-refractivity contribution < 1.29 is 19.7 Å². The highest BCUT2D eigenvalue weighted by molar-refractivity contribution is 5.90. The van der Waals surface area contributed by atoms with Crippen molar-refractivity contribution in [3.05, 3.63) is 53.1 Å². The Labute approximate surface area is 122 Å². The lowest BCUT2D eigenvalue weighted by Gasteiger charge is -2.05. The molecule has 2 rings (SSSR count). The third-order valence-corrected chi connectivity index (χ3v) is 3.05. The van der Waals surface area contributed by atoms with E-state index < -0.39 is 5.97 Å². The Kier molecular flexibility index (Phi) is 4.23. The number of nitrogens with zero attached hydrogens (tertiary/aromatic N) is 1. The minimum Gasteiger partial charge on any atom is -0.504 e. The maximum absolute atomic E-state index is 11.0. The fourth-order valence-electron chi connectivity index (χ4n) is 1.83. The monoisotopic (exact) mass is 285 g/mol. The van der Waals surface area contributed by atoms with E-state index in [2.05, 4.69) is 4.99 Å². The number of aryl methyl sites for hydroxylation is 1. The Bertz CT molecular complexity index is 707. The van der Waals surface area contributed by atoms with Gasteiger partial charge in [0.25, 0.3) is 0 Å². The lowest BCUT2D eigenvalue weighted by molar-refractivity contribution is 0.0697. The van der Waals surface area contributed by atoms with E-state index in [4.69, 9.17) is 9.84 Å². The number of hydrogen-bond acceptors (Lipinski definition) is 4. The zero-order chi connectivity index (χ0) is 15.4. The number of phenolic OH excluding ortho intramolecular Hbond substituents is 1. The van der Waals surface area contributed by atoms with Crippen LogP contribution in [0.25, 0.3) is 0 Å². The third kappa shape index (κ3) is 3.20. The Hall–Kier alpha value is -2.82. The second kappa shape index (κ2) is 6.09. The summed E-state index contributed by atoms with van der Waals surface area (Å²) in [5.41, 5.74) is 2.05. The van der Waals surface area contributed by atoms with Gasteiger partial charge in [0.2, 0.25) is 0 Å². The van der Waals surface area contributed by atoms with Crippen molar-refractivity contribution in [1.29, 1.82) is 0 Å². The number of phenols is 1. The molecule has 0 atom stereocenters. The zero-order valence-electron chi connectivity index (χ0n) is 11.7.